The lowest BCUT2D eigenvalue weighted by Crippen LogP contribution is -2.17. The average molecular weight is 324 g/mol. The molecule has 2 aromatic carbocycles. The highest BCUT2D eigenvalue weighted by atomic mass is 16.1. The number of hydrogen-bond acceptors (Lipinski definition) is 2. The van der Waals surface area contributed by atoms with E-state index in [0.29, 0.717) is 13.0 Å². The quantitative estimate of drug-likeness (QED) is 0.809. The minimum atomic E-state index is 0.0301. The van der Waals surface area contributed by atoms with Gasteiger partial charge in [0, 0.05) is 24.3 Å². The van der Waals surface area contributed by atoms with Crippen molar-refractivity contribution in [2.45, 2.75) is 46.5 Å². The first-order valence-electron chi connectivity index (χ1n) is 8.47. The number of aryl methyl sites for hydroxylation is 2. The van der Waals surface area contributed by atoms with E-state index in [1.165, 1.54) is 5.56 Å². The number of hydrogen-bond donors (Lipinski definition) is 2. The van der Waals surface area contributed by atoms with Crippen LogP contribution in [-0.4, -0.2) is 12.5 Å². The summed E-state index contributed by atoms with van der Waals surface area (Å²) >= 11 is 0. The fourth-order valence-electron chi connectivity index (χ4n) is 2.49. The monoisotopic (exact) mass is 324 g/mol. The largest absolute Gasteiger partial charge is 0.385 e. The summed E-state index contributed by atoms with van der Waals surface area (Å²) in [6, 6.07) is 14.5. The van der Waals surface area contributed by atoms with Crippen molar-refractivity contribution in [3.8, 4) is 0 Å². The SMILES string of the molecule is Cc1ccc(C)c(NC(=O)CCNc2ccc(C(C)(C)C)cc2)c1. The Labute approximate surface area is 145 Å². The van der Waals surface area contributed by atoms with Gasteiger partial charge in [-0.1, -0.05) is 45.0 Å². The molecule has 24 heavy (non-hydrogen) atoms. The fourth-order valence-corrected chi connectivity index (χ4v) is 2.49. The van der Waals surface area contributed by atoms with Crippen molar-refractivity contribution in [2.24, 2.45) is 0 Å². The van der Waals surface area contributed by atoms with E-state index in [9.17, 15) is 4.79 Å². The molecule has 2 aromatic rings. The first-order valence-corrected chi connectivity index (χ1v) is 8.47. The molecule has 0 saturated carbocycles. The molecule has 2 N–H and O–H groups in total. The number of anilines is 2. The van der Waals surface area contributed by atoms with Crippen LogP contribution < -0.4 is 10.6 Å². The van der Waals surface area contributed by atoms with Crippen molar-refractivity contribution in [3.05, 3.63) is 59.2 Å². The third-order valence-corrected chi connectivity index (χ3v) is 4.10. The summed E-state index contributed by atoms with van der Waals surface area (Å²) < 4.78 is 0. The first-order chi connectivity index (χ1) is 11.3. The molecule has 0 atom stereocenters. The number of carbonyl (C=O) groups is 1. The van der Waals surface area contributed by atoms with Gasteiger partial charge in [-0.3, -0.25) is 4.79 Å². The molecule has 0 unspecified atom stereocenters. The molecule has 0 radical (unpaired) electrons. The summed E-state index contributed by atoms with van der Waals surface area (Å²) in [6.45, 7) is 11.3. The van der Waals surface area contributed by atoms with Crippen molar-refractivity contribution in [3.63, 3.8) is 0 Å². The molecule has 128 valence electrons. The second-order valence-corrected chi connectivity index (χ2v) is 7.37. The molecule has 0 bridgehead atoms. The lowest BCUT2D eigenvalue weighted by molar-refractivity contribution is -0.115. The fraction of sp³-hybridized carbons (Fsp3) is 0.381. The van der Waals surface area contributed by atoms with Gasteiger partial charge in [0.2, 0.25) is 5.91 Å². The second-order valence-electron chi connectivity index (χ2n) is 7.37. The van der Waals surface area contributed by atoms with Crippen LogP contribution in [0.4, 0.5) is 11.4 Å². The molecule has 0 aliphatic heterocycles. The molecule has 0 heterocycles. The van der Waals surface area contributed by atoms with E-state index < -0.39 is 0 Å². The Morgan fingerprint density at radius 3 is 2.29 bits per heavy atom. The predicted octanol–water partition coefficient (Wildman–Crippen LogP) is 5.04. The van der Waals surface area contributed by atoms with Crippen LogP contribution in [0.3, 0.4) is 0 Å². The number of carbonyl (C=O) groups excluding carboxylic acids is 1. The number of amides is 1. The molecule has 0 spiro atoms. The molecule has 0 aliphatic rings. The highest BCUT2D eigenvalue weighted by molar-refractivity contribution is 5.91. The van der Waals surface area contributed by atoms with Crippen molar-refractivity contribution in [2.75, 3.05) is 17.2 Å². The highest BCUT2D eigenvalue weighted by Crippen LogP contribution is 2.23. The summed E-state index contributed by atoms with van der Waals surface area (Å²) in [4.78, 5) is 12.1. The molecule has 3 heteroatoms. The molecule has 0 aromatic heterocycles. The van der Waals surface area contributed by atoms with E-state index in [0.717, 1.165) is 22.5 Å². The Morgan fingerprint density at radius 1 is 1.00 bits per heavy atom. The van der Waals surface area contributed by atoms with Gasteiger partial charge in [-0.2, -0.15) is 0 Å². The minimum absolute atomic E-state index is 0.0301. The third-order valence-electron chi connectivity index (χ3n) is 4.10. The van der Waals surface area contributed by atoms with Gasteiger partial charge < -0.3 is 10.6 Å². The van der Waals surface area contributed by atoms with Crippen molar-refractivity contribution >= 4 is 17.3 Å². The summed E-state index contributed by atoms with van der Waals surface area (Å²) in [6.07, 6.45) is 0.439. The normalized spacial score (nSPS) is 11.2. The molecule has 0 fully saturated rings. The number of nitrogens with one attached hydrogen (secondary N) is 2. The van der Waals surface area contributed by atoms with Gasteiger partial charge >= 0.3 is 0 Å². The second kappa shape index (κ2) is 7.52. The van der Waals surface area contributed by atoms with Gasteiger partial charge in [0.15, 0.2) is 0 Å². The van der Waals surface area contributed by atoms with Crippen LogP contribution in [0.25, 0.3) is 0 Å². The Morgan fingerprint density at radius 2 is 1.67 bits per heavy atom. The van der Waals surface area contributed by atoms with Crippen LogP contribution in [-0.2, 0) is 10.2 Å². The van der Waals surface area contributed by atoms with Crippen molar-refractivity contribution in [1.82, 2.24) is 0 Å². The van der Waals surface area contributed by atoms with Crippen LogP contribution in [0.2, 0.25) is 0 Å². The topological polar surface area (TPSA) is 41.1 Å². The van der Waals surface area contributed by atoms with Gasteiger partial charge in [-0.15, -0.1) is 0 Å². The summed E-state index contributed by atoms with van der Waals surface area (Å²) in [7, 11) is 0. The summed E-state index contributed by atoms with van der Waals surface area (Å²) in [5.41, 5.74) is 5.63. The molecule has 2 rings (SSSR count). The van der Waals surface area contributed by atoms with E-state index in [-0.39, 0.29) is 11.3 Å². The summed E-state index contributed by atoms with van der Waals surface area (Å²) in [5, 5.41) is 6.29. The Kier molecular flexibility index (Phi) is 5.66. The first kappa shape index (κ1) is 18.1. The lowest BCUT2D eigenvalue weighted by atomic mass is 9.87. The van der Waals surface area contributed by atoms with Crippen LogP contribution in [0.15, 0.2) is 42.5 Å². The minimum Gasteiger partial charge on any atom is -0.385 e. The van der Waals surface area contributed by atoms with E-state index >= 15 is 0 Å². The Balaban J connectivity index is 1.83. The van der Waals surface area contributed by atoms with Gasteiger partial charge in [0.1, 0.15) is 0 Å². The van der Waals surface area contributed by atoms with Gasteiger partial charge in [0.25, 0.3) is 0 Å². The smallest absolute Gasteiger partial charge is 0.226 e. The molecule has 0 aliphatic carbocycles. The van der Waals surface area contributed by atoms with Crippen LogP contribution in [0, 0.1) is 13.8 Å². The zero-order valence-corrected chi connectivity index (χ0v) is 15.4. The molecule has 1 amide bonds. The standard InChI is InChI=1S/C21H28N2O/c1-15-6-7-16(2)19(14-15)23-20(24)12-13-22-18-10-8-17(9-11-18)21(3,4)5/h6-11,14,22H,12-13H2,1-5H3,(H,23,24). The third kappa shape index (κ3) is 5.12. The maximum atomic E-state index is 12.1. The number of benzene rings is 2. The van der Waals surface area contributed by atoms with Crippen LogP contribution in [0.1, 0.15) is 43.9 Å². The van der Waals surface area contributed by atoms with E-state index in [2.05, 4.69) is 55.7 Å². The maximum absolute atomic E-state index is 12.1. The predicted molar refractivity (Wildman–Crippen MR) is 103 cm³/mol. The van der Waals surface area contributed by atoms with E-state index in [1.54, 1.807) is 0 Å². The van der Waals surface area contributed by atoms with Gasteiger partial charge in [-0.05, 0) is 54.2 Å². The van der Waals surface area contributed by atoms with E-state index in [1.807, 2.05) is 32.0 Å². The van der Waals surface area contributed by atoms with Gasteiger partial charge in [0.05, 0.1) is 0 Å². The Bertz CT molecular complexity index is 697. The highest BCUT2D eigenvalue weighted by Gasteiger charge is 2.12. The summed E-state index contributed by atoms with van der Waals surface area (Å²) in [5.74, 6) is 0.0301. The van der Waals surface area contributed by atoms with Crippen molar-refractivity contribution < 1.29 is 4.79 Å². The van der Waals surface area contributed by atoms with Gasteiger partial charge in [-0.25, -0.2) is 0 Å². The zero-order valence-electron chi connectivity index (χ0n) is 15.4. The zero-order chi connectivity index (χ0) is 17.7. The molecular formula is C21H28N2O. The lowest BCUT2D eigenvalue weighted by Gasteiger charge is -2.19. The van der Waals surface area contributed by atoms with Crippen LogP contribution >= 0.6 is 0 Å². The van der Waals surface area contributed by atoms with E-state index in [4.69, 9.17) is 0 Å². The van der Waals surface area contributed by atoms with Crippen molar-refractivity contribution in [1.29, 1.82) is 0 Å². The maximum Gasteiger partial charge on any atom is 0.226 e. The Hall–Kier alpha value is -2.29. The average Bonchev–Trinajstić information content (AvgIpc) is 2.50. The molecule has 3 nitrogen and oxygen atoms in total. The molecule has 0 saturated heterocycles. The van der Waals surface area contributed by atoms with Crippen LogP contribution in [0.5, 0.6) is 0 Å². The molecular weight excluding hydrogens is 296 g/mol. The number of rotatable bonds is 5.